The van der Waals surface area contributed by atoms with Crippen molar-refractivity contribution in [2.45, 2.75) is 33.4 Å². The minimum absolute atomic E-state index is 0.0543. The summed E-state index contributed by atoms with van der Waals surface area (Å²) in [6.07, 6.45) is 2.08. The molecular weight excluding hydrogens is 214 g/mol. The van der Waals surface area contributed by atoms with Gasteiger partial charge in [0.2, 0.25) is 0 Å². The molecule has 4 nitrogen and oxygen atoms in total. The normalized spacial score (nSPS) is 19.3. The Morgan fingerprint density at radius 1 is 1.53 bits per heavy atom. The summed E-state index contributed by atoms with van der Waals surface area (Å²) in [4.78, 5) is 14.0. The number of hydrogen-bond donors (Lipinski definition) is 1. The summed E-state index contributed by atoms with van der Waals surface area (Å²) in [5.74, 6) is 0.489. The van der Waals surface area contributed by atoms with Gasteiger partial charge in [-0.15, -0.1) is 0 Å². The van der Waals surface area contributed by atoms with Gasteiger partial charge in [0.25, 0.3) is 0 Å². The Morgan fingerprint density at radius 3 is 3.00 bits per heavy atom. The third kappa shape index (κ3) is 2.46. The fraction of sp³-hybridized carbons (Fsp3) is 0.615. The van der Waals surface area contributed by atoms with Crippen molar-refractivity contribution >= 4 is 6.03 Å². The first-order valence-electron chi connectivity index (χ1n) is 6.29. The van der Waals surface area contributed by atoms with Crippen LogP contribution in [0, 0.1) is 5.92 Å². The molecule has 1 aliphatic heterocycles. The van der Waals surface area contributed by atoms with Gasteiger partial charge in [0.1, 0.15) is 0 Å². The van der Waals surface area contributed by atoms with E-state index in [2.05, 4.69) is 42.9 Å². The lowest BCUT2D eigenvalue weighted by Crippen LogP contribution is -2.46. The largest absolute Gasteiger partial charge is 0.348 e. The van der Waals surface area contributed by atoms with E-state index in [1.165, 1.54) is 5.69 Å². The van der Waals surface area contributed by atoms with Gasteiger partial charge in [-0.2, -0.15) is 0 Å². The molecule has 0 radical (unpaired) electrons. The highest BCUT2D eigenvalue weighted by atomic mass is 16.2. The maximum Gasteiger partial charge on any atom is 0.318 e. The first kappa shape index (κ1) is 12.0. The van der Waals surface area contributed by atoms with E-state index < -0.39 is 0 Å². The fourth-order valence-corrected chi connectivity index (χ4v) is 2.25. The molecule has 1 aromatic rings. The Morgan fingerprint density at radius 2 is 2.29 bits per heavy atom. The molecule has 0 saturated heterocycles. The second-order valence-corrected chi connectivity index (χ2v) is 5.08. The third-order valence-electron chi connectivity index (χ3n) is 3.26. The lowest BCUT2D eigenvalue weighted by atomic mass is 10.1. The molecule has 0 saturated carbocycles. The van der Waals surface area contributed by atoms with Crippen LogP contribution in [0.4, 0.5) is 4.79 Å². The predicted octanol–water partition coefficient (Wildman–Crippen LogP) is 2.23. The topological polar surface area (TPSA) is 37.3 Å². The van der Waals surface area contributed by atoms with Gasteiger partial charge in [-0.3, -0.25) is 0 Å². The maximum atomic E-state index is 12.1. The second kappa shape index (κ2) is 4.82. The summed E-state index contributed by atoms with van der Waals surface area (Å²) in [5.41, 5.74) is 1.22. The fourth-order valence-electron chi connectivity index (χ4n) is 2.25. The molecule has 2 amide bonds. The highest BCUT2D eigenvalue weighted by molar-refractivity contribution is 5.74. The lowest BCUT2D eigenvalue weighted by Gasteiger charge is -2.35. The Labute approximate surface area is 103 Å². The van der Waals surface area contributed by atoms with E-state index >= 15 is 0 Å². The Hall–Kier alpha value is -1.45. The quantitative estimate of drug-likeness (QED) is 0.838. The zero-order valence-electron chi connectivity index (χ0n) is 10.8. The number of hydrogen-bond acceptors (Lipinski definition) is 1. The van der Waals surface area contributed by atoms with Gasteiger partial charge in [-0.25, -0.2) is 4.79 Å². The Bertz CT molecular complexity index is 397. The van der Waals surface area contributed by atoms with Crippen LogP contribution >= 0.6 is 0 Å². The number of nitrogens with zero attached hydrogens (tertiary/aromatic N) is 2. The van der Waals surface area contributed by atoms with Crippen LogP contribution in [-0.4, -0.2) is 28.6 Å². The number of carbonyl (C=O) groups excluding carboxylic acids is 1. The molecule has 1 aliphatic rings. The summed E-state index contributed by atoms with van der Waals surface area (Å²) >= 11 is 0. The predicted molar refractivity (Wildman–Crippen MR) is 67.8 cm³/mol. The highest BCUT2D eigenvalue weighted by Gasteiger charge is 2.26. The Balaban J connectivity index is 2.02. The van der Waals surface area contributed by atoms with Crippen LogP contribution in [0.2, 0.25) is 0 Å². The van der Waals surface area contributed by atoms with Gasteiger partial charge >= 0.3 is 6.03 Å². The maximum absolute atomic E-state index is 12.1. The number of carbonyl (C=O) groups is 1. The van der Waals surface area contributed by atoms with Crippen LogP contribution in [0.5, 0.6) is 0 Å². The van der Waals surface area contributed by atoms with Crippen molar-refractivity contribution in [1.82, 2.24) is 14.8 Å². The van der Waals surface area contributed by atoms with Crippen LogP contribution in [0.3, 0.4) is 0 Å². The molecule has 0 bridgehead atoms. The molecular formula is C13H21N3O. The molecule has 0 aromatic carbocycles. The van der Waals surface area contributed by atoms with Crippen molar-refractivity contribution in [2.24, 2.45) is 5.92 Å². The van der Waals surface area contributed by atoms with Gasteiger partial charge in [0.05, 0.1) is 6.04 Å². The van der Waals surface area contributed by atoms with E-state index in [-0.39, 0.29) is 12.1 Å². The number of urea groups is 1. The average molecular weight is 235 g/mol. The summed E-state index contributed by atoms with van der Waals surface area (Å²) in [5, 5.41) is 2.98. The number of rotatable bonds is 2. The minimum Gasteiger partial charge on any atom is -0.348 e. The second-order valence-electron chi connectivity index (χ2n) is 5.08. The molecule has 2 heterocycles. The standard InChI is InChI=1S/C13H21N3O/c1-10(2)9-14-13(17)16-8-7-15-6-4-5-12(15)11(16)3/h4-6,10-11H,7-9H2,1-3H3,(H,14,17)/t11-/m1/s1. The van der Waals surface area contributed by atoms with Crippen molar-refractivity contribution in [3.63, 3.8) is 0 Å². The van der Waals surface area contributed by atoms with Gasteiger partial charge in [0.15, 0.2) is 0 Å². The molecule has 94 valence electrons. The number of nitrogens with one attached hydrogen (secondary N) is 1. The molecule has 0 spiro atoms. The summed E-state index contributed by atoms with van der Waals surface area (Å²) < 4.78 is 2.22. The van der Waals surface area contributed by atoms with Crippen LogP contribution < -0.4 is 5.32 Å². The Kier molecular flexibility index (Phi) is 3.41. The van der Waals surface area contributed by atoms with E-state index in [0.29, 0.717) is 5.92 Å². The van der Waals surface area contributed by atoms with Crippen LogP contribution in [-0.2, 0) is 6.54 Å². The zero-order valence-corrected chi connectivity index (χ0v) is 10.8. The SMILES string of the molecule is CC(C)CNC(=O)N1CCn2cccc2[C@H]1C. The van der Waals surface area contributed by atoms with Crippen LogP contribution in [0.15, 0.2) is 18.3 Å². The van der Waals surface area contributed by atoms with Crippen LogP contribution in [0.1, 0.15) is 32.5 Å². The summed E-state index contributed by atoms with van der Waals surface area (Å²) in [6, 6.07) is 4.35. The first-order chi connectivity index (χ1) is 8.09. The van der Waals surface area contributed by atoms with E-state index in [0.717, 1.165) is 19.6 Å². The van der Waals surface area contributed by atoms with E-state index in [9.17, 15) is 4.79 Å². The van der Waals surface area contributed by atoms with Crippen molar-refractivity contribution in [2.75, 3.05) is 13.1 Å². The molecule has 4 heteroatoms. The molecule has 17 heavy (non-hydrogen) atoms. The van der Waals surface area contributed by atoms with Crippen LogP contribution in [0.25, 0.3) is 0 Å². The first-order valence-corrected chi connectivity index (χ1v) is 6.29. The molecule has 1 atom stereocenters. The third-order valence-corrected chi connectivity index (χ3v) is 3.26. The summed E-state index contributed by atoms with van der Waals surface area (Å²) in [7, 11) is 0. The van der Waals surface area contributed by atoms with Crippen molar-refractivity contribution < 1.29 is 4.79 Å². The molecule has 0 aliphatic carbocycles. The zero-order chi connectivity index (χ0) is 12.4. The molecule has 1 N–H and O–H groups in total. The van der Waals surface area contributed by atoms with Gasteiger partial charge in [-0.05, 0) is 25.0 Å². The van der Waals surface area contributed by atoms with Gasteiger partial charge in [-0.1, -0.05) is 13.8 Å². The molecule has 0 fully saturated rings. The van der Waals surface area contributed by atoms with Gasteiger partial charge < -0.3 is 14.8 Å². The van der Waals surface area contributed by atoms with E-state index in [1.807, 2.05) is 11.0 Å². The smallest absolute Gasteiger partial charge is 0.318 e. The monoisotopic (exact) mass is 235 g/mol. The van der Waals surface area contributed by atoms with Gasteiger partial charge in [0, 0.05) is 31.5 Å². The number of aromatic nitrogens is 1. The highest BCUT2D eigenvalue weighted by Crippen LogP contribution is 2.24. The number of amides is 2. The summed E-state index contributed by atoms with van der Waals surface area (Å²) in [6.45, 7) is 8.70. The lowest BCUT2D eigenvalue weighted by molar-refractivity contribution is 0.161. The van der Waals surface area contributed by atoms with E-state index in [1.54, 1.807) is 0 Å². The molecule has 1 aromatic heterocycles. The van der Waals surface area contributed by atoms with E-state index in [4.69, 9.17) is 0 Å². The van der Waals surface area contributed by atoms with Crippen molar-refractivity contribution in [3.8, 4) is 0 Å². The molecule has 2 rings (SSSR count). The number of fused-ring (bicyclic) bond motifs is 1. The average Bonchev–Trinajstić information content (AvgIpc) is 2.75. The minimum atomic E-state index is 0.0543. The van der Waals surface area contributed by atoms with Crippen molar-refractivity contribution in [3.05, 3.63) is 24.0 Å². The van der Waals surface area contributed by atoms with Crippen molar-refractivity contribution in [1.29, 1.82) is 0 Å². The molecule has 0 unspecified atom stereocenters.